The number of hydrogen-bond acceptors (Lipinski definition) is 3. The Morgan fingerprint density at radius 3 is 2.78 bits per heavy atom. The van der Waals surface area contributed by atoms with Gasteiger partial charge in [-0.3, -0.25) is 4.79 Å². The zero-order valence-electron chi connectivity index (χ0n) is 13.5. The van der Waals surface area contributed by atoms with Crippen LogP contribution in [-0.2, 0) is 11.2 Å². The highest BCUT2D eigenvalue weighted by atomic mass is 32.1. The van der Waals surface area contributed by atoms with Crippen molar-refractivity contribution in [3.63, 3.8) is 0 Å². The standard InChI is InChI=1S/C19H23NO2S/c1-22-17-9-7-15(8-10-17)16-5-2-3-11-20(14-16)19(21)13-18-6-4-12-23-18/h4,6-10,12,16H,2-3,5,11,13-14H2,1H3. The van der Waals surface area contributed by atoms with Crippen LogP contribution in [0.4, 0.5) is 0 Å². The molecule has 0 aliphatic carbocycles. The number of nitrogens with zero attached hydrogens (tertiary/aromatic N) is 1. The first-order chi connectivity index (χ1) is 11.3. The molecular weight excluding hydrogens is 306 g/mol. The zero-order chi connectivity index (χ0) is 16.1. The predicted octanol–water partition coefficient (Wildman–Crippen LogP) is 4.10. The second kappa shape index (κ2) is 7.64. The lowest BCUT2D eigenvalue weighted by Crippen LogP contribution is -2.35. The number of carbonyl (C=O) groups excluding carboxylic acids is 1. The van der Waals surface area contributed by atoms with Gasteiger partial charge in [-0.1, -0.05) is 24.6 Å². The number of rotatable bonds is 4. The molecule has 0 spiro atoms. The first-order valence-electron chi connectivity index (χ1n) is 8.20. The lowest BCUT2D eigenvalue weighted by atomic mass is 9.94. The second-order valence-corrected chi connectivity index (χ2v) is 7.09. The van der Waals surface area contributed by atoms with Crippen LogP contribution in [0.15, 0.2) is 41.8 Å². The van der Waals surface area contributed by atoms with Gasteiger partial charge in [0.05, 0.1) is 13.5 Å². The quantitative estimate of drug-likeness (QED) is 0.845. The Kier molecular flexibility index (Phi) is 5.34. The van der Waals surface area contributed by atoms with Crippen molar-refractivity contribution in [2.75, 3.05) is 20.2 Å². The molecule has 1 aromatic carbocycles. The van der Waals surface area contributed by atoms with Gasteiger partial charge in [-0.2, -0.15) is 0 Å². The van der Waals surface area contributed by atoms with Crippen molar-refractivity contribution in [2.24, 2.45) is 0 Å². The average molecular weight is 329 g/mol. The van der Waals surface area contributed by atoms with Crippen LogP contribution in [0, 0.1) is 0 Å². The summed E-state index contributed by atoms with van der Waals surface area (Å²) in [4.78, 5) is 15.8. The van der Waals surface area contributed by atoms with Crippen LogP contribution >= 0.6 is 11.3 Å². The lowest BCUT2D eigenvalue weighted by Gasteiger charge is -2.25. The average Bonchev–Trinajstić information content (AvgIpc) is 2.96. The number of thiophene rings is 1. The van der Waals surface area contributed by atoms with Gasteiger partial charge in [-0.25, -0.2) is 0 Å². The Labute approximate surface area is 141 Å². The Hall–Kier alpha value is -1.81. The fourth-order valence-electron chi connectivity index (χ4n) is 3.19. The van der Waals surface area contributed by atoms with Crippen molar-refractivity contribution in [3.8, 4) is 5.75 Å². The second-order valence-electron chi connectivity index (χ2n) is 6.06. The van der Waals surface area contributed by atoms with E-state index in [0.29, 0.717) is 12.3 Å². The lowest BCUT2D eigenvalue weighted by molar-refractivity contribution is -0.130. The summed E-state index contributed by atoms with van der Waals surface area (Å²) in [5.74, 6) is 1.57. The molecule has 1 fully saturated rings. The molecule has 0 N–H and O–H groups in total. The van der Waals surface area contributed by atoms with E-state index in [9.17, 15) is 4.79 Å². The minimum Gasteiger partial charge on any atom is -0.497 e. The van der Waals surface area contributed by atoms with Crippen molar-refractivity contribution >= 4 is 17.2 Å². The fourth-order valence-corrected chi connectivity index (χ4v) is 3.89. The summed E-state index contributed by atoms with van der Waals surface area (Å²) in [7, 11) is 1.69. The van der Waals surface area contributed by atoms with E-state index in [1.165, 1.54) is 12.0 Å². The van der Waals surface area contributed by atoms with Gasteiger partial charge in [0.2, 0.25) is 5.91 Å². The molecule has 3 nitrogen and oxygen atoms in total. The number of hydrogen-bond donors (Lipinski definition) is 0. The molecule has 1 saturated heterocycles. The molecular formula is C19H23NO2S. The van der Waals surface area contributed by atoms with E-state index in [1.807, 2.05) is 29.6 Å². The van der Waals surface area contributed by atoms with E-state index in [4.69, 9.17) is 4.74 Å². The van der Waals surface area contributed by atoms with Gasteiger partial charge in [0.25, 0.3) is 0 Å². The maximum absolute atomic E-state index is 12.6. The van der Waals surface area contributed by atoms with Crippen LogP contribution in [-0.4, -0.2) is 31.0 Å². The number of benzene rings is 1. The summed E-state index contributed by atoms with van der Waals surface area (Å²) in [6.45, 7) is 1.72. The summed E-state index contributed by atoms with van der Waals surface area (Å²) in [6.07, 6.45) is 3.96. The highest BCUT2D eigenvalue weighted by Crippen LogP contribution is 2.28. The summed E-state index contributed by atoms with van der Waals surface area (Å²) in [5, 5.41) is 2.03. The van der Waals surface area contributed by atoms with E-state index in [2.05, 4.69) is 17.0 Å². The van der Waals surface area contributed by atoms with E-state index >= 15 is 0 Å². The minimum atomic E-state index is 0.257. The smallest absolute Gasteiger partial charge is 0.227 e. The van der Waals surface area contributed by atoms with Crippen LogP contribution in [0.3, 0.4) is 0 Å². The first kappa shape index (κ1) is 16.1. The summed E-state index contributed by atoms with van der Waals surface area (Å²) < 4.78 is 5.24. The SMILES string of the molecule is COc1ccc(C2CCCCN(C(=O)Cc3cccs3)C2)cc1. The fraction of sp³-hybridized carbons (Fsp3) is 0.421. The van der Waals surface area contributed by atoms with Crippen molar-refractivity contribution in [1.82, 2.24) is 4.90 Å². The number of ether oxygens (including phenoxy) is 1. The van der Waals surface area contributed by atoms with Crippen LogP contribution in [0.2, 0.25) is 0 Å². The molecule has 2 heterocycles. The van der Waals surface area contributed by atoms with Crippen molar-refractivity contribution < 1.29 is 9.53 Å². The third kappa shape index (κ3) is 4.14. The zero-order valence-corrected chi connectivity index (χ0v) is 14.3. The normalized spacial score (nSPS) is 18.5. The third-order valence-electron chi connectivity index (χ3n) is 4.52. The van der Waals surface area contributed by atoms with Gasteiger partial charge in [-0.15, -0.1) is 11.3 Å². The van der Waals surface area contributed by atoms with Crippen LogP contribution in [0.1, 0.15) is 35.6 Å². The number of methoxy groups -OCH3 is 1. The van der Waals surface area contributed by atoms with Crippen molar-refractivity contribution in [2.45, 2.75) is 31.6 Å². The monoisotopic (exact) mass is 329 g/mol. The number of amides is 1. The van der Waals surface area contributed by atoms with Gasteiger partial charge < -0.3 is 9.64 Å². The molecule has 2 aromatic rings. The third-order valence-corrected chi connectivity index (χ3v) is 5.39. The van der Waals surface area contributed by atoms with Gasteiger partial charge in [-0.05, 0) is 42.0 Å². The van der Waals surface area contributed by atoms with Crippen molar-refractivity contribution in [3.05, 3.63) is 52.2 Å². The molecule has 23 heavy (non-hydrogen) atoms. The van der Waals surface area contributed by atoms with Crippen LogP contribution < -0.4 is 4.74 Å². The van der Waals surface area contributed by atoms with Gasteiger partial charge in [0, 0.05) is 23.9 Å². The van der Waals surface area contributed by atoms with E-state index in [-0.39, 0.29) is 5.91 Å². The molecule has 1 aromatic heterocycles. The Bertz CT molecular complexity index is 621. The highest BCUT2D eigenvalue weighted by molar-refractivity contribution is 7.10. The Morgan fingerprint density at radius 1 is 1.26 bits per heavy atom. The molecule has 1 amide bonds. The van der Waals surface area contributed by atoms with E-state index < -0.39 is 0 Å². The molecule has 1 aliphatic rings. The molecule has 0 saturated carbocycles. The maximum Gasteiger partial charge on any atom is 0.227 e. The summed E-state index contributed by atoms with van der Waals surface area (Å²) in [6, 6.07) is 12.3. The maximum atomic E-state index is 12.6. The molecule has 3 rings (SSSR count). The number of likely N-dealkylation sites (tertiary alicyclic amines) is 1. The molecule has 122 valence electrons. The molecule has 4 heteroatoms. The van der Waals surface area contributed by atoms with Gasteiger partial charge >= 0.3 is 0 Å². The number of carbonyl (C=O) groups is 1. The first-order valence-corrected chi connectivity index (χ1v) is 9.08. The summed E-state index contributed by atoms with van der Waals surface area (Å²) in [5.41, 5.74) is 1.31. The minimum absolute atomic E-state index is 0.257. The highest BCUT2D eigenvalue weighted by Gasteiger charge is 2.23. The molecule has 1 atom stereocenters. The molecule has 0 bridgehead atoms. The molecule has 1 aliphatic heterocycles. The van der Waals surface area contributed by atoms with E-state index in [1.54, 1.807) is 18.4 Å². The Balaban J connectivity index is 1.68. The van der Waals surface area contributed by atoms with Crippen LogP contribution in [0.5, 0.6) is 5.75 Å². The Morgan fingerprint density at radius 2 is 2.09 bits per heavy atom. The summed E-state index contributed by atoms with van der Waals surface area (Å²) >= 11 is 1.66. The topological polar surface area (TPSA) is 29.5 Å². The van der Waals surface area contributed by atoms with Gasteiger partial charge in [0.1, 0.15) is 5.75 Å². The largest absolute Gasteiger partial charge is 0.497 e. The molecule has 0 radical (unpaired) electrons. The van der Waals surface area contributed by atoms with Crippen molar-refractivity contribution in [1.29, 1.82) is 0 Å². The molecule has 1 unspecified atom stereocenters. The van der Waals surface area contributed by atoms with Gasteiger partial charge in [0.15, 0.2) is 0 Å². The predicted molar refractivity (Wildman–Crippen MR) is 94.2 cm³/mol. The van der Waals surface area contributed by atoms with E-state index in [0.717, 1.165) is 36.6 Å². The van der Waals surface area contributed by atoms with Crippen LogP contribution in [0.25, 0.3) is 0 Å².